The van der Waals surface area contributed by atoms with E-state index in [1.165, 1.54) is 31.5 Å². The smallest absolute Gasteiger partial charge is 0.212 e. The van der Waals surface area contributed by atoms with Gasteiger partial charge in [0.1, 0.15) is 0 Å². The van der Waals surface area contributed by atoms with Gasteiger partial charge in [-0.1, -0.05) is 6.07 Å². The molecule has 2 heterocycles. The van der Waals surface area contributed by atoms with E-state index in [1.54, 1.807) is 7.11 Å². The monoisotopic (exact) mass is 249 g/mol. The second kappa shape index (κ2) is 6.71. The summed E-state index contributed by atoms with van der Waals surface area (Å²) in [7, 11) is 3.68. The zero-order valence-corrected chi connectivity index (χ0v) is 11.4. The van der Waals surface area contributed by atoms with Gasteiger partial charge in [0.25, 0.3) is 0 Å². The second-order valence-corrected chi connectivity index (χ2v) is 5.01. The maximum Gasteiger partial charge on any atom is 0.212 e. The third-order valence-corrected chi connectivity index (χ3v) is 3.51. The third kappa shape index (κ3) is 3.68. The van der Waals surface area contributed by atoms with Crippen LogP contribution in [0.15, 0.2) is 18.3 Å². The number of methoxy groups -OCH3 is 1. The number of ether oxygens (including phenoxy) is 1. The highest BCUT2D eigenvalue weighted by Crippen LogP contribution is 2.18. The summed E-state index contributed by atoms with van der Waals surface area (Å²) >= 11 is 0. The van der Waals surface area contributed by atoms with Crippen LogP contribution in [0.5, 0.6) is 5.88 Å². The number of hydrogen-bond acceptors (Lipinski definition) is 4. The molecule has 1 fully saturated rings. The summed E-state index contributed by atoms with van der Waals surface area (Å²) in [6, 6.07) is 4.04. The third-order valence-electron chi connectivity index (χ3n) is 3.51. The maximum atomic E-state index is 5.08. The Balaban J connectivity index is 1.87. The van der Waals surface area contributed by atoms with Crippen molar-refractivity contribution < 1.29 is 4.74 Å². The molecule has 0 amide bonds. The quantitative estimate of drug-likeness (QED) is 0.858. The molecule has 0 spiro atoms. The molecule has 1 atom stereocenters. The molecule has 1 aliphatic heterocycles. The van der Waals surface area contributed by atoms with Crippen LogP contribution in [0.2, 0.25) is 0 Å². The van der Waals surface area contributed by atoms with Gasteiger partial charge in [0.15, 0.2) is 0 Å². The van der Waals surface area contributed by atoms with Crippen LogP contribution >= 0.6 is 0 Å². The van der Waals surface area contributed by atoms with Crippen molar-refractivity contribution >= 4 is 0 Å². The molecule has 1 aromatic rings. The summed E-state index contributed by atoms with van der Waals surface area (Å²) in [6.45, 7) is 4.51. The van der Waals surface area contributed by atoms with Gasteiger partial charge in [0.2, 0.25) is 5.88 Å². The average molecular weight is 249 g/mol. The Kier molecular flexibility index (Phi) is 4.96. The lowest BCUT2D eigenvalue weighted by Crippen LogP contribution is -2.38. The molecular weight excluding hydrogens is 226 g/mol. The zero-order valence-electron chi connectivity index (χ0n) is 11.4. The first-order valence-electron chi connectivity index (χ1n) is 6.67. The zero-order chi connectivity index (χ0) is 12.8. The van der Waals surface area contributed by atoms with Crippen molar-refractivity contribution in [3.63, 3.8) is 0 Å². The van der Waals surface area contributed by atoms with Crippen molar-refractivity contribution in [3.8, 4) is 5.88 Å². The van der Waals surface area contributed by atoms with E-state index in [0.717, 1.165) is 19.0 Å². The fourth-order valence-corrected chi connectivity index (χ4v) is 2.63. The van der Waals surface area contributed by atoms with E-state index in [4.69, 9.17) is 4.74 Å². The summed E-state index contributed by atoms with van der Waals surface area (Å²) in [5.74, 6) is 1.47. The van der Waals surface area contributed by atoms with E-state index >= 15 is 0 Å². The fraction of sp³-hybridized carbons (Fsp3) is 0.643. The van der Waals surface area contributed by atoms with E-state index < -0.39 is 0 Å². The Morgan fingerprint density at radius 2 is 2.39 bits per heavy atom. The molecule has 0 aliphatic carbocycles. The van der Waals surface area contributed by atoms with Crippen LogP contribution in [-0.4, -0.2) is 43.7 Å². The van der Waals surface area contributed by atoms with Gasteiger partial charge in [-0.2, -0.15) is 0 Å². The molecule has 1 N–H and O–H groups in total. The molecule has 100 valence electrons. The first-order chi connectivity index (χ1) is 8.81. The highest BCUT2D eigenvalue weighted by atomic mass is 16.5. The SMILES string of the molecule is CNCC1CCCN(Cc2ccc(OC)nc2)C1. The van der Waals surface area contributed by atoms with Crippen molar-refractivity contribution in [2.45, 2.75) is 19.4 Å². The molecule has 0 saturated carbocycles. The number of nitrogens with one attached hydrogen (secondary N) is 1. The van der Waals surface area contributed by atoms with E-state index in [2.05, 4.69) is 21.3 Å². The maximum absolute atomic E-state index is 5.08. The molecular formula is C14H23N3O. The Bertz CT molecular complexity index is 351. The summed E-state index contributed by atoms with van der Waals surface area (Å²) in [5, 5.41) is 3.28. The van der Waals surface area contributed by atoms with Crippen molar-refractivity contribution in [1.29, 1.82) is 0 Å². The van der Waals surface area contributed by atoms with Crippen LogP contribution in [0.1, 0.15) is 18.4 Å². The van der Waals surface area contributed by atoms with Crippen molar-refractivity contribution in [2.75, 3.05) is 33.8 Å². The van der Waals surface area contributed by atoms with E-state index in [0.29, 0.717) is 5.88 Å². The highest BCUT2D eigenvalue weighted by molar-refractivity contribution is 5.17. The Morgan fingerprint density at radius 1 is 1.50 bits per heavy atom. The van der Waals surface area contributed by atoms with Gasteiger partial charge in [0, 0.05) is 25.4 Å². The molecule has 2 rings (SSSR count). The first kappa shape index (κ1) is 13.3. The fourth-order valence-electron chi connectivity index (χ4n) is 2.63. The molecule has 1 saturated heterocycles. The summed E-state index contributed by atoms with van der Waals surface area (Å²) < 4.78 is 5.08. The van der Waals surface area contributed by atoms with Gasteiger partial charge in [0.05, 0.1) is 7.11 Å². The van der Waals surface area contributed by atoms with Crippen molar-refractivity contribution in [3.05, 3.63) is 23.9 Å². The summed E-state index contributed by atoms with van der Waals surface area (Å²) in [5.41, 5.74) is 1.26. The van der Waals surface area contributed by atoms with Crippen LogP contribution in [0.3, 0.4) is 0 Å². The Morgan fingerprint density at radius 3 is 3.06 bits per heavy atom. The van der Waals surface area contributed by atoms with Crippen molar-refractivity contribution in [2.24, 2.45) is 5.92 Å². The number of rotatable bonds is 5. The number of likely N-dealkylation sites (tertiary alicyclic amines) is 1. The molecule has 0 radical (unpaired) electrons. The highest BCUT2D eigenvalue weighted by Gasteiger charge is 2.19. The van der Waals surface area contributed by atoms with Crippen LogP contribution in [0.25, 0.3) is 0 Å². The number of aromatic nitrogens is 1. The van der Waals surface area contributed by atoms with Gasteiger partial charge in [-0.3, -0.25) is 4.90 Å². The van der Waals surface area contributed by atoms with Gasteiger partial charge in [-0.05, 0) is 44.5 Å². The van der Waals surface area contributed by atoms with E-state index in [1.807, 2.05) is 19.3 Å². The van der Waals surface area contributed by atoms with Crippen LogP contribution in [-0.2, 0) is 6.54 Å². The minimum Gasteiger partial charge on any atom is -0.481 e. The predicted octanol–water partition coefficient (Wildman–Crippen LogP) is 1.52. The first-order valence-corrected chi connectivity index (χ1v) is 6.67. The summed E-state index contributed by atoms with van der Waals surface area (Å²) in [4.78, 5) is 6.78. The lowest BCUT2D eigenvalue weighted by Gasteiger charge is -2.32. The van der Waals surface area contributed by atoms with Gasteiger partial charge < -0.3 is 10.1 Å². The van der Waals surface area contributed by atoms with E-state index in [9.17, 15) is 0 Å². The standard InChI is InChI=1S/C14H23N3O/c1-15-8-12-4-3-7-17(10-12)11-13-5-6-14(18-2)16-9-13/h5-6,9,12,15H,3-4,7-8,10-11H2,1-2H3. The van der Waals surface area contributed by atoms with Crippen LogP contribution in [0.4, 0.5) is 0 Å². The minimum atomic E-state index is 0.686. The molecule has 0 aromatic carbocycles. The topological polar surface area (TPSA) is 37.4 Å². The van der Waals surface area contributed by atoms with Crippen LogP contribution < -0.4 is 10.1 Å². The van der Waals surface area contributed by atoms with Gasteiger partial charge in [-0.15, -0.1) is 0 Å². The van der Waals surface area contributed by atoms with Gasteiger partial charge >= 0.3 is 0 Å². The molecule has 4 heteroatoms. The van der Waals surface area contributed by atoms with Crippen molar-refractivity contribution in [1.82, 2.24) is 15.2 Å². The number of nitrogens with zero attached hydrogens (tertiary/aromatic N) is 2. The molecule has 1 aromatic heterocycles. The lowest BCUT2D eigenvalue weighted by molar-refractivity contribution is 0.166. The predicted molar refractivity (Wildman–Crippen MR) is 72.7 cm³/mol. The number of pyridine rings is 1. The average Bonchev–Trinajstić information content (AvgIpc) is 2.40. The Labute approximate surface area is 109 Å². The molecule has 1 unspecified atom stereocenters. The largest absolute Gasteiger partial charge is 0.481 e. The normalized spacial score (nSPS) is 20.9. The molecule has 18 heavy (non-hydrogen) atoms. The molecule has 4 nitrogen and oxygen atoms in total. The number of piperidine rings is 1. The molecule has 0 bridgehead atoms. The molecule has 1 aliphatic rings. The van der Waals surface area contributed by atoms with Crippen LogP contribution in [0, 0.1) is 5.92 Å². The Hall–Kier alpha value is -1.13. The number of hydrogen-bond donors (Lipinski definition) is 1. The minimum absolute atomic E-state index is 0.686. The van der Waals surface area contributed by atoms with Gasteiger partial charge in [-0.25, -0.2) is 4.98 Å². The van der Waals surface area contributed by atoms with E-state index in [-0.39, 0.29) is 0 Å². The summed E-state index contributed by atoms with van der Waals surface area (Å²) in [6.07, 6.45) is 4.56. The second-order valence-electron chi connectivity index (χ2n) is 5.01. The lowest BCUT2D eigenvalue weighted by atomic mass is 9.98.